The zero-order valence-electron chi connectivity index (χ0n) is 10.6. The van der Waals surface area contributed by atoms with Crippen LogP contribution < -0.4 is 5.73 Å². The minimum atomic E-state index is 0.109. The molecule has 1 aliphatic carbocycles. The number of carbonyl (C=O) groups excluding carboxylic acids is 1. The summed E-state index contributed by atoms with van der Waals surface area (Å²) in [6.07, 6.45) is 2.71. The van der Waals surface area contributed by atoms with Crippen LogP contribution in [-0.4, -0.2) is 23.9 Å². The summed E-state index contributed by atoms with van der Waals surface area (Å²) in [6, 6.07) is 7.79. The molecule has 2 rings (SSSR count). The molecule has 4 heteroatoms. The summed E-state index contributed by atoms with van der Waals surface area (Å²) in [4.78, 5) is 14.0. The van der Waals surface area contributed by atoms with Gasteiger partial charge in [-0.05, 0) is 37.0 Å². The van der Waals surface area contributed by atoms with Gasteiger partial charge in [-0.3, -0.25) is 4.79 Å². The highest BCUT2D eigenvalue weighted by atomic mass is 35.5. The van der Waals surface area contributed by atoms with Gasteiger partial charge in [0.05, 0.1) is 0 Å². The van der Waals surface area contributed by atoms with E-state index in [2.05, 4.69) is 0 Å². The lowest BCUT2D eigenvalue weighted by Gasteiger charge is -2.21. The first-order chi connectivity index (χ1) is 8.56. The molecule has 0 saturated heterocycles. The Morgan fingerprint density at radius 3 is 2.61 bits per heavy atom. The first kappa shape index (κ1) is 13.4. The average molecular weight is 267 g/mol. The largest absolute Gasteiger partial charge is 0.341 e. The third-order valence-electron chi connectivity index (χ3n) is 3.53. The second-order valence-electron chi connectivity index (χ2n) is 5.09. The third-order valence-corrected chi connectivity index (χ3v) is 3.78. The van der Waals surface area contributed by atoms with Gasteiger partial charge in [0.25, 0.3) is 0 Å². The molecule has 3 nitrogen and oxygen atoms in total. The van der Waals surface area contributed by atoms with Gasteiger partial charge in [-0.1, -0.05) is 23.7 Å². The quantitative estimate of drug-likeness (QED) is 0.913. The number of carbonyl (C=O) groups is 1. The van der Waals surface area contributed by atoms with E-state index in [4.69, 9.17) is 17.3 Å². The Bertz CT molecular complexity index is 418. The number of amides is 1. The van der Waals surface area contributed by atoms with E-state index in [1.807, 2.05) is 31.3 Å². The fraction of sp³-hybridized carbons (Fsp3) is 0.500. The zero-order chi connectivity index (χ0) is 13.1. The molecule has 0 spiro atoms. The van der Waals surface area contributed by atoms with Crippen LogP contribution in [0.15, 0.2) is 24.3 Å². The van der Waals surface area contributed by atoms with E-state index in [1.54, 1.807) is 4.90 Å². The highest BCUT2D eigenvalue weighted by Crippen LogP contribution is 2.26. The number of nitrogens with two attached hydrogens (primary N) is 1. The molecule has 1 aromatic carbocycles. The second kappa shape index (κ2) is 5.72. The molecule has 1 aliphatic rings. The highest BCUT2D eigenvalue weighted by molar-refractivity contribution is 6.30. The van der Waals surface area contributed by atoms with Crippen LogP contribution in [0.5, 0.6) is 0 Å². The smallest absolute Gasteiger partial charge is 0.225 e. The molecule has 0 radical (unpaired) electrons. The van der Waals surface area contributed by atoms with Crippen molar-refractivity contribution in [1.82, 2.24) is 4.90 Å². The minimum absolute atomic E-state index is 0.109. The standard InChI is InChI=1S/C14H19ClN2O/c1-17(9-10-2-5-12(15)6-3-10)14(18)11-4-7-13(16)8-11/h2-3,5-6,11,13H,4,7-9,16H2,1H3. The normalized spacial score (nSPS) is 23.1. The van der Waals surface area contributed by atoms with Gasteiger partial charge in [-0.25, -0.2) is 0 Å². The molecular formula is C14H19ClN2O. The Kier molecular flexibility index (Phi) is 4.25. The summed E-state index contributed by atoms with van der Waals surface area (Å²) in [7, 11) is 1.85. The van der Waals surface area contributed by atoms with E-state index in [1.165, 1.54) is 0 Å². The molecule has 2 N–H and O–H groups in total. The highest BCUT2D eigenvalue weighted by Gasteiger charge is 2.29. The fourth-order valence-electron chi connectivity index (χ4n) is 2.49. The van der Waals surface area contributed by atoms with Crippen LogP contribution in [0.4, 0.5) is 0 Å². The van der Waals surface area contributed by atoms with E-state index < -0.39 is 0 Å². The van der Waals surface area contributed by atoms with Gasteiger partial charge in [0, 0.05) is 30.6 Å². The summed E-state index contributed by atoms with van der Waals surface area (Å²) < 4.78 is 0. The lowest BCUT2D eigenvalue weighted by molar-refractivity contribution is -0.134. The maximum absolute atomic E-state index is 12.2. The van der Waals surface area contributed by atoms with Crippen molar-refractivity contribution < 1.29 is 4.79 Å². The van der Waals surface area contributed by atoms with Crippen molar-refractivity contribution in [3.8, 4) is 0 Å². The number of benzene rings is 1. The maximum Gasteiger partial charge on any atom is 0.225 e. The van der Waals surface area contributed by atoms with E-state index in [-0.39, 0.29) is 17.9 Å². The second-order valence-corrected chi connectivity index (χ2v) is 5.53. The van der Waals surface area contributed by atoms with E-state index in [0.29, 0.717) is 6.54 Å². The predicted octanol–water partition coefficient (Wildman–Crippen LogP) is 2.43. The number of halogens is 1. The molecule has 2 unspecified atom stereocenters. The lowest BCUT2D eigenvalue weighted by Crippen LogP contribution is -2.32. The van der Waals surface area contributed by atoms with Crippen molar-refractivity contribution in [3.05, 3.63) is 34.9 Å². The van der Waals surface area contributed by atoms with Crippen LogP contribution in [0.25, 0.3) is 0 Å². The summed E-state index contributed by atoms with van der Waals surface area (Å²) >= 11 is 5.84. The molecule has 0 aromatic heterocycles. The van der Waals surface area contributed by atoms with Gasteiger partial charge in [0.1, 0.15) is 0 Å². The Balaban J connectivity index is 1.93. The van der Waals surface area contributed by atoms with Crippen LogP contribution >= 0.6 is 11.6 Å². The Morgan fingerprint density at radius 1 is 1.39 bits per heavy atom. The van der Waals surface area contributed by atoms with Crippen LogP contribution in [0.2, 0.25) is 5.02 Å². The lowest BCUT2D eigenvalue weighted by atomic mass is 10.1. The molecule has 1 fully saturated rings. The Hall–Kier alpha value is -1.06. The number of nitrogens with zero attached hydrogens (tertiary/aromatic N) is 1. The summed E-state index contributed by atoms with van der Waals surface area (Å²) in [6.45, 7) is 0.627. The van der Waals surface area contributed by atoms with E-state index in [9.17, 15) is 4.79 Å². The van der Waals surface area contributed by atoms with Gasteiger partial charge in [-0.15, -0.1) is 0 Å². The predicted molar refractivity (Wildman–Crippen MR) is 73.2 cm³/mol. The SMILES string of the molecule is CN(Cc1ccc(Cl)cc1)C(=O)C1CCC(N)C1. The van der Waals surface area contributed by atoms with Gasteiger partial charge in [-0.2, -0.15) is 0 Å². The van der Waals surface area contributed by atoms with Gasteiger partial charge < -0.3 is 10.6 Å². The molecule has 0 bridgehead atoms. The molecule has 18 heavy (non-hydrogen) atoms. The van der Waals surface area contributed by atoms with Gasteiger partial charge >= 0.3 is 0 Å². The summed E-state index contributed by atoms with van der Waals surface area (Å²) in [5, 5.41) is 0.717. The van der Waals surface area contributed by atoms with Crippen molar-refractivity contribution in [1.29, 1.82) is 0 Å². The summed E-state index contributed by atoms with van der Waals surface area (Å²) in [5.41, 5.74) is 6.94. The number of hydrogen-bond acceptors (Lipinski definition) is 2. The Labute approximate surface area is 113 Å². The van der Waals surface area contributed by atoms with Crippen LogP contribution in [0.3, 0.4) is 0 Å². The molecule has 1 amide bonds. The molecular weight excluding hydrogens is 248 g/mol. The molecule has 0 aliphatic heterocycles. The fourth-order valence-corrected chi connectivity index (χ4v) is 2.62. The van der Waals surface area contributed by atoms with Crippen molar-refractivity contribution in [2.75, 3.05) is 7.05 Å². The molecule has 98 valence electrons. The van der Waals surface area contributed by atoms with Crippen molar-refractivity contribution in [3.63, 3.8) is 0 Å². The first-order valence-corrected chi connectivity index (χ1v) is 6.69. The Morgan fingerprint density at radius 2 is 2.06 bits per heavy atom. The van der Waals surface area contributed by atoms with Gasteiger partial charge in [0.2, 0.25) is 5.91 Å². The van der Waals surface area contributed by atoms with Crippen molar-refractivity contribution in [2.24, 2.45) is 11.7 Å². The van der Waals surface area contributed by atoms with Crippen LogP contribution in [0.1, 0.15) is 24.8 Å². The zero-order valence-corrected chi connectivity index (χ0v) is 11.4. The van der Waals surface area contributed by atoms with E-state index >= 15 is 0 Å². The third kappa shape index (κ3) is 3.24. The van der Waals surface area contributed by atoms with Crippen LogP contribution in [0, 0.1) is 5.92 Å². The van der Waals surface area contributed by atoms with Crippen LogP contribution in [-0.2, 0) is 11.3 Å². The number of rotatable bonds is 3. The number of hydrogen-bond donors (Lipinski definition) is 1. The molecule has 1 aromatic rings. The summed E-state index contributed by atoms with van der Waals surface area (Å²) in [5.74, 6) is 0.315. The molecule has 1 saturated carbocycles. The van der Waals surface area contributed by atoms with Crippen molar-refractivity contribution in [2.45, 2.75) is 31.8 Å². The molecule has 2 atom stereocenters. The monoisotopic (exact) mass is 266 g/mol. The molecule has 0 heterocycles. The average Bonchev–Trinajstić information content (AvgIpc) is 2.78. The van der Waals surface area contributed by atoms with E-state index in [0.717, 1.165) is 29.8 Å². The minimum Gasteiger partial charge on any atom is -0.341 e. The topological polar surface area (TPSA) is 46.3 Å². The van der Waals surface area contributed by atoms with Crippen molar-refractivity contribution >= 4 is 17.5 Å². The maximum atomic E-state index is 12.2. The van der Waals surface area contributed by atoms with Gasteiger partial charge in [0.15, 0.2) is 0 Å². The first-order valence-electron chi connectivity index (χ1n) is 6.31.